The Morgan fingerprint density at radius 3 is 2.50 bits per heavy atom. The zero-order valence-electron chi connectivity index (χ0n) is 11.1. The summed E-state index contributed by atoms with van der Waals surface area (Å²) >= 11 is 0. The van der Waals surface area contributed by atoms with Gasteiger partial charge in [0, 0.05) is 31.9 Å². The van der Waals surface area contributed by atoms with Crippen molar-refractivity contribution in [3.63, 3.8) is 0 Å². The third kappa shape index (κ3) is 2.56. The minimum Gasteiger partial charge on any atom is -0.383 e. The fraction of sp³-hybridized carbons (Fsp3) is 0.286. The first-order valence-electron chi connectivity index (χ1n) is 6.54. The summed E-state index contributed by atoms with van der Waals surface area (Å²) in [5.74, 6) is 0.233. The molecule has 1 aliphatic heterocycles. The lowest BCUT2D eigenvalue weighted by atomic mass is 10.1. The van der Waals surface area contributed by atoms with Crippen molar-refractivity contribution in [2.24, 2.45) is 5.73 Å². The van der Waals surface area contributed by atoms with Crippen molar-refractivity contribution in [1.29, 1.82) is 0 Å². The summed E-state index contributed by atoms with van der Waals surface area (Å²) in [6.07, 6.45) is 1.63. The maximum absolute atomic E-state index is 11.7. The molecule has 1 saturated heterocycles. The molecule has 4 N–H and O–H groups in total. The van der Waals surface area contributed by atoms with E-state index in [0.29, 0.717) is 6.04 Å². The van der Waals surface area contributed by atoms with E-state index in [9.17, 15) is 4.79 Å². The van der Waals surface area contributed by atoms with Crippen molar-refractivity contribution in [3.05, 3.63) is 52.6 Å². The number of hydrogen-bond donors (Lipinski definition) is 2. The van der Waals surface area contributed by atoms with Gasteiger partial charge in [0.05, 0.1) is 5.69 Å². The van der Waals surface area contributed by atoms with E-state index in [1.54, 1.807) is 12.3 Å². The second kappa shape index (κ2) is 5.07. The quantitative estimate of drug-likeness (QED) is 0.817. The average molecular weight is 271 g/mol. The molecule has 6 heteroatoms. The predicted octanol–water partition coefficient (Wildman–Crippen LogP) is -0.0424. The van der Waals surface area contributed by atoms with Gasteiger partial charge in [-0.3, -0.25) is 9.47 Å². The lowest BCUT2D eigenvalue weighted by Crippen LogP contribution is -2.54. The largest absolute Gasteiger partial charge is 0.383 e. The summed E-state index contributed by atoms with van der Waals surface area (Å²) in [4.78, 5) is 17.7. The second-order valence-electron chi connectivity index (χ2n) is 5.13. The molecule has 0 atom stereocenters. The molecule has 1 aromatic carbocycles. The van der Waals surface area contributed by atoms with E-state index in [1.807, 2.05) is 24.3 Å². The molecule has 0 amide bonds. The van der Waals surface area contributed by atoms with Crippen molar-refractivity contribution in [3.8, 4) is 5.69 Å². The van der Waals surface area contributed by atoms with Crippen LogP contribution in [0.3, 0.4) is 0 Å². The highest BCUT2D eigenvalue weighted by atomic mass is 16.1. The minimum absolute atomic E-state index is 0.233. The summed E-state index contributed by atoms with van der Waals surface area (Å²) < 4.78 is 1.47. The number of benzene rings is 1. The molecule has 2 heterocycles. The van der Waals surface area contributed by atoms with E-state index in [2.05, 4.69) is 9.88 Å². The number of nitrogens with zero attached hydrogens (tertiary/aromatic N) is 3. The molecule has 104 valence electrons. The minimum atomic E-state index is -0.369. The van der Waals surface area contributed by atoms with Crippen LogP contribution in [0.15, 0.2) is 41.3 Å². The van der Waals surface area contributed by atoms with Crippen LogP contribution in [-0.2, 0) is 6.54 Å². The van der Waals surface area contributed by atoms with Crippen LogP contribution in [0.1, 0.15) is 5.56 Å². The van der Waals surface area contributed by atoms with Crippen LogP contribution in [0.25, 0.3) is 5.69 Å². The lowest BCUT2D eigenvalue weighted by molar-refractivity contribution is 0.142. The highest BCUT2D eigenvalue weighted by molar-refractivity contribution is 5.36. The van der Waals surface area contributed by atoms with Gasteiger partial charge in [0.1, 0.15) is 5.82 Å². The van der Waals surface area contributed by atoms with Gasteiger partial charge in [-0.1, -0.05) is 12.1 Å². The Bertz CT molecular complexity index is 658. The van der Waals surface area contributed by atoms with Gasteiger partial charge < -0.3 is 11.5 Å². The van der Waals surface area contributed by atoms with E-state index >= 15 is 0 Å². The van der Waals surface area contributed by atoms with Gasteiger partial charge in [-0.25, -0.2) is 4.79 Å². The van der Waals surface area contributed by atoms with Gasteiger partial charge in [-0.2, -0.15) is 4.98 Å². The lowest BCUT2D eigenvalue weighted by Gasteiger charge is -2.36. The fourth-order valence-electron chi connectivity index (χ4n) is 2.37. The first kappa shape index (κ1) is 12.8. The molecule has 0 bridgehead atoms. The van der Waals surface area contributed by atoms with Crippen molar-refractivity contribution in [2.45, 2.75) is 12.6 Å². The van der Waals surface area contributed by atoms with Gasteiger partial charge in [0.15, 0.2) is 0 Å². The number of aromatic nitrogens is 2. The van der Waals surface area contributed by atoms with Crippen molar-refractivity contribution < 1.29 is 0 Å². The molecule has 1 aromatic heterocycles. The second-order valence-corrected chi connectivity index (χ2v) is 5.13. The number of nitrogen functional groups attached to an aromatic ring is 1. The van der Waals surface area contributed by atoms with E-state index in [-0.39, 0.29) is 11.5 Å². The van der Waals surface area contributed by atoms with Crippen LogP contribution >= 0.6 is 0 Å². The molecule has 0 radical (unpaired) electrons. The Kier molecular flexibility index (Phi) is 3.25. The number of nitrogens with two attached hydrogens (primary N) is 2. The van der Waals surface area contributed by atoms with Crippen molar-refractivity contribution in [2.75, 3.05) is 18.8 Å². The average Bonchev–Trinajstić information content (AvgIpc) is 2.38. The first-order chi connectivity index (χ1) is 9.61. The van der Waals surface area contributed by atoms with E-state index < -0.39 is 0 Å². The van der Waals surface area contributed by atoms with Crippen LogP contribution in [0.4, 0.5) is 5.82 Å². The highest BCUT2D eigenvalue weighted by Gasteiger charge is 2.22. The molecule has 1 fully saturated rings. The number of anilines is 1. The zero-order valence-corrected chi connectivity index (χ0v) is 11.1. The third-order valence-electron chi connectivity index (χ3n) is 3.43. The molecule has 0 unspecified atom stereocenters. The maximum Gasteiger partial charge on any atom is 0.354 e. The molecular formula is C14H17N5O. The van der Waals surface area contributed by atoms with Crippen LogP contribution in [0, 0.1) is 0 Å². The van der Waals surface area contributed by atoms with E-state index in [1.165, 1.54) is 10.1 Å². The Morgan fingerprint density at radius 2 is 1.90 bits per heavy atom. The molecule has 0 saturated carbocycles. The summed E-state index contributed by atoms with van der Waals surface area (Å²) in [7, 11) is 0. The number of hydrogen-bond acceptors (Lipinski definition) is 5. The normalized spacial score (nSPS) is 16.1. The van der Waals surface area contributed by atoms with Crippen molar-refractivity contribution >= 4 is 5.82 Å². The topological polar surface area (TPSA) is 90.2 Å². The summed E-state index contributed by atoms with van der Waals surface area (Å²) in [6.45, 7) is 2.79. The first-order valence-corrected chi connectivity index (χ1v) is 6.54. The molecule has 2 aromatic rings. The maximum atomic E-state index is 11.7. The molecular weight excluding hydrogens is 254 g/mol. The Balaban J connectivity index is 1.77. The monoisotopic (exact) mass is 271 g/mol. The van der Waals surface area contributed by atoms with Crippen LogP contribution in [0.2, 0.25) is 0 Å². The molecule has 1 aliphatic rings. The highest BCUT2D eigenvalue weighted by Crippen LogP contribution is 2.14. The van der Waals surface area contributed by atoms with Crippen molar-refractivity contribution in [1.82, 2.24) is 14.5 Å². The van der Waals surface area contributed by atoms with E-state index in [4.69, 9.17) is 11.5 Å². The summed E-state index contributed by atoms with van der Waals surface area (Å²) in [6, 6.07) is 9.78. The van der Waals surface area contributed by atoms with Gasteiger partial charge in [-0.05, 0) is 23.8 Å². The van der Waals surface area contributed by atoms with Crippen LogP contribution in [0.5, 0.6) is 0 Å². The van der Waals surface area contributed by atoms with Gasteiger partial charge >= 0.3 is 5.69 Å². The Labute approximate surface area is 116 Å². The SMILES string of the molecule is Nc1ccn(-c2ccc(CN3CC(N)C3)cc2)c(=O)n1. The smallest absolute Gasteiger partial charge is 0.354 e. The van der Waals surface area contributed by atoms with Crippen LogP contribution < -0.4 is 17.2 Å². The van der Waals surface area contributed by atoms with Crippen LogP contribution in [-0.4, -0.2) is 33.6 Å². The number of likely N-dealkylation sites (tertiary alicyclic amines) is 1. The zero-order chi connectivity index (χ0) is 14.1. The molecule has 6 nitrogen and oxygen atoms in total. The fourth-order valence-corrected chi connectivity index (χ4v) is 2.37. The Hall–Kier alpha value is -2.18. The van der Waals surface area contributed by atoms with Gasteiger partial charge in [-0.15, -0.1) is 0 Å². The Morgan fingerprint density at radius 1 is 1.20 bits per heavy atom. The van der Waals surface area contributed by atoms with Gasteiger partial charge in [0.25, 0.3) is 0 Å². The number of rotatable bonds is 3. The standard InChI is InChI=1S/C14H17N5O/c15-11-8-18(9-11)7-10-1-3-12(4-2-10)19-6-5-13(16)17-14(19)20/h1-6,11H,7-9,15H2,(H2,16,17,20). The summed E-state index contributed by atoms with van der Waals surface area (Å²) in [5, 5.41) is 0. The predicted molar refractivity (Wildman–Crippen MR) is 77.5 cm³/mol. The molecule has 20 heavy (non-hydrogen) atoms. The molecule has 3 rings (SSSR count). The molecule has 0 spiro atoms. The van der Waals surface area contributed by atoms with Gasteiger partial charge in [0.2, 0.25) is 0 Å². The third-order valence-corrected chi connectivity index (χ3v) is 3.43. The molecule has 0 aliphatic carbocycles. The summed E-state index contributed by atoms with van der Waals surface area (Å²) in [5.41, 5.74) is 12.9. The van der Waals surface area contributed by atoms with E-state index in [0.717, 1.165) is 25.3 Å².